The van der Waals surface area contributed by atoms with Crippen LogP contribution in [0.1, 0.15) is 5.56 Å². The Morgan fingerprint density at radius 3 is 2.92 bits per heavy atom. The molecule has 2 nitrogen and oxygen atoms in total. The molecule has 1 aromatic carbocycles. The van der Waals surface area contributed by atoms with Crippen molar-refractivity contribution >= 4 is 18.6 Å². The molecule has 0 radical (unpaired) electrons. The Kier molecular flexibility index (Phi) is 1.40. The zero-order valence-corrected chi connectivity index (χ0v) is 6.45. The molecule has 0 saturated heterocycles. The first-order valence-electron chi connectivity index (χ1n) is 3.66. The van der Waals surface area contributed by atoms with E-state index in [9.17, 15) is 4.79 Å². The molecule has 0 N–H and O–H groups in total. The van der Waals surface area contributed by atoms with Crippen molar-refractivity contribution in [2.24, 2.45) is 4.99 Å². The zero-order chi connectivity index (χ0) is 8.55. The van der Waals surface area contributed by atoms with Crippen molar-refractivity contribution in [3.8, 4) is 0 Å². The van der Waals surface area contributed by atoms with E-state index >= 15 is 0 Å². The molecule has 2 rings (SSSR count). The first-order chi connectivity index (χ1) is 5.77. The van der Waals surface area contributed by atoms with E-state index in [1.54, 1.807) is 6.08 Å². The molecule has 1 amide bonds. The lowest BCUT2D eigenvalue weighted by molar-refractivity contribution is -0.113. The van der Waals surface area contributed by atoms with E-state index in [0.29, 0.717) is 5.36 Å². The molecule has 0 atom stereocenters. The third-order valence-electron chi connectivity index (χ3n) is 1.78. The van der Waals surface area contributed by atoms with Gasteiger partial charge in [-0.1, -0.05) is 24.8 Å². The molecule has 1 aromatic rings. The first kappa shape index (κ1) is 6.98. The van der Waals surface area contributed by atoms with Crippen LogP contribution >= 0.6 is 0 Å². The van der Waals surface area contributed by atoms with E-state index in [4.69, 9.17) is 0 Å². The van der Waals surface area contributed by atoms with Gasteiger partial charge >= 0.3 is 0 Å². The lowest BCUT2D eigenvalue weighted by Crippen LogP contribution is -2.28. The molecular formula is C10H7NO. The van der Waals surface area contributed by atoms with Crippen molar-refractivity contribution in [3.63, 3.8) is 0 Å². The first-order valence-corrected chi connectivity index (χ1v) is 3.66. The third-order valence-corrected chi connectivity index (χ3v) is 1.78. The Bertz CT molecular complexity index is 471. The minimum absolute atomic E-state index is 0.210. The van der Waals surface area contributed by atoms with Crippen molar-refractivity contribution < 1.29 is 4.79 Å². The van der Waals surface area contributed by atoms with Gasteiger partial charge in [0.05, 0.1) is 5.36 Å². The summed E-state index contributed by atoms with van der Waals surface area (Å²) in [6, 6.07) is 5.65. The van der Waals surface area contributed by atoms with Crippen LogP contribution in [0.4, 0.5) is 0 Å². The number of carbonyl (C=O) groups is 1. The molecule has 1 aliphatic rings. The molecular weight excluding hydrogens is 150 g/mol. The summed E-state index contributed by atoms with van der Waals surface area (Å²) >= 11 is 0. The lowest BCUT2D eigenvalue weighted by Gasteiger charge is -1.99. The fourth-order valence-corrected chi connectivity index (χ4v) is 1.19. The Hall–Kier alpha value is -1.70. The topological polar surface area (TPSA) is 29.4 Å². The second kappa shape index (κ2) is 2.41. The fourth-order valence-electron chi connectivity index (χ4n) is 1.19. The maximum absolute atomic E-state index is 10.9. The highest BCUT2D eigenvalue weighted by atomic mass is 16.1. The molecule has 1 heterocycles. The highest BCUT2D eigenvalue weighted by Crippen LogP contribution is 1.97. The third kappa shape index (κ3) is 0.975. The Morgan fingerprint density at radius 2 is 2.08 bits per heavy atom. The van der Waals surface area contributed by atoms with E-state index in [1.165, 1.54) is 6.08 Å². The average molecular weight is 157 g/mol. The summed E-state index contributed by atoms with van der Waals surface area (Å²) in [4.78, 5) is 14.8. The monoisotopic (exact) mass is 157 g/mol. The number of para-hydroxylation sites is 1. The van der Waals surface area contributed by atoms with Gasteiger partial charge < -0.3 is 0 Å². The van der Waals surface area contributed by atoms with Gasteiger partial charge in [0.1, 0.15) is 0 Å². The highest BCUT2D eigenvalue weighted by molar-refractivity contribution is 5.94. The predicted octanol–water partition coefficient (Wildman–Crippen LogP) is 0.270. The predicted molar refractivity (Wildman–Crippen MR) is 46.8 cm³/mol. The Morgan fingerprint density at radius 1 is 1.25 bits per heavy atom. The summed E-state index contributed by atoms with van der Waals surface area (Å²) in [6.45, 7) is 3.79. The van der Waals surface area contributed by atoms with Crippen LogP contribution in [0.3, 0.4) is 0 Å². The van der Waals surface area contributed by atoms with Crippen molar-refractivity contribution in [2.75, 3.05) is 0 Å². The van der Waals surface area contributed by atoms with Crippen LogP contribution < -0.4 is 10.6 Å². The number of hydrogen-bond donors (Lipinski definition) is 0. The molecule has 0 unspecified atom stereocenters. The van der Waals surface area contributed by atoms with E-state index in [2.05, 4.69) is 11.6 Å². The van der Waals surface area contributed by atoms with Gasteiger partial charge in [-0.2, -0.15) is 0 Å². The summed E-state index contributed by atoms with van der Waals surface area (Å²) in [7, 11) is 0. The van der Waals surface area contributed by atoms with Crippen LogP contribution in [-0.4, -0.2) is 5.91 Å². The summed E-state index contributed by atoms with van der Waals surface area (Å²) in [5.41, 5.74) is 0.960. The number of rotatable bonds is 0. The normalized spacial score (nSPS) is 13.8. The Labute approximate surface area is 69.6 Å². The van der Waals surface area contributed by atoms with Gasteiger partial charge in [-0.25, -0.2) is 4.99 Å². The molecule has 0 fully saturated rings. The second-order valence-corrected chi connectivity index (χ2v) is 2.64. The van der Waals surface area contributed by atoms with Crippen molar-refractivity contribution in [1.82, 2.24) is 0 Å². The number of nitrogens with zero attached hydrogens (tertiary/aromatic N) is 1. The average Bonchev–Trinajstić information content (AvgIpc) is 2.07. The fraction of sp³-hybridized carbons (Fsp3) is 0. The molecule has 1 aliphatic heterocycles. The number of amides is 1. The van der Waals surface area contributed by atoms with Gasteiger partial charge in [0, 0.05) is 11.6 Å². The molecule has 58 valence electrons. The maximum atomic E-state index is 10.9. The second-order valence-electron chi connectivity index (χ2n) is 2.64. The maximum Gasteiger partial charge on any atom is 0.270 e. The number of carbonyl (C=O) groups excluding carboxylic acids is 1. The molecule has 2 heteroatoms. The summed E-state index contributed by atoms with van der Waals surface area (Å²) in [6.07, 6.45) is 3.22. The van der Waals surface area contributed by atoms with Gasteiger partial charge in [-0.15, -0.1) is 0 Å². The minimum Gasteiger partial charge on any atom is -0.267 e. The van der Waals surface area contributed by atoms with E-state index in [-0.39, 0.29) is 5.91 Å². The smallest absolute Gasteiger partial charge is 0.267 e. The number of benzene rings is 1. The van der Waals surface area contributed by atoms with E-state index in [0.717, 1.165) is 10.8 Å². The largest absolute Gasteiger partial charge is 0.270 e. The van der Waals surface area contributed by atoms with Crippen LogP contribution in [-0.2, 0) is 4.79 Å². The molecule has 0 aromatic heterocycles. The van der Waals surface area contributed by atoms with E-state index in [1.807, 2.05) is 18.2 Å². The van der Waals surface area contributed by atoms with Gasteiger partial charge in [0.15, 0.2) is 0 Å². The molecule has 0 spiro atoms. The summed E-state index contributed by atoms with van der Waals surface area (Å²) < 4.78 is 0. The quantitative estimate of drug-likeness (QED) is 0.531. The van der Waals surface area contributed by atoms with E-state index < -0.39 is 0 Å². The molecule has 12 heavy (non-hydrogen) atoms. The van der Waals surface area contributed by atoms with Crippen LogP contribution in [0.25, 0.3) is 12.7 Å². The minimum atomic E-state index is -0.210. The van der Waals surface area contributed by atoms with Crippen LogP contribution in [0, 0.1) is 0 Å². The van der Waals surface area contributed by atoms with Crippen LogP contribution in [0.15, 0.2) is 29.3 Å². The SMILES string of the molecule is C=c1cccc2c1=NC(=O)C=C2. The van der Waals surface area contributed by atoms with Crippen LogP contribution in [0.5, 0.6) is 0 Å². The lowest BCUT2D eigenvalue weighted by atomic mass is 10.1. The number of hydrogen-bond acceptors (Lipinski definition) is 1. The molecule has 0 saturated carbocycles. The van der Waals surface area contributed by atoms with Gasteiger partial charge in [-0.05, 0) is 11.3 Å². The summed E-state index contributed by atoms with van der Waals surface area (Å²) in [5.74, 6) is -0.210. The standard InChI is InChI=1S/C10H7NO/c1-7-3-2-4-8-5-6-9(12)11-10(7)8/h2-6H,1H2. The van der Waals surface area contributed by atoms with Crippen molar-refractivity contribution in [2.45, 2.75) is 0 Å². The zero-order valence-electron chi connectivity index (χ0n) is 6.45. The summed E-state index contributed by atoms with van der Waals surface area (Å²) in [5, 5.41) is 1.50. The van der Waals surface area contributed by atoms with Crippen molar-refractivity contribution in [3.05, 3.63) is 40.4 Å². The van der Waals surface area contributed by atoms with Gasteiger partial charge in [0.2, 0.25) is 0 Å². The Balaban J connectivity index is 2.91. The van der Waals surface area contributed by atoms with Crippen LogP contribution in [0.2, 0.25) is 0 Å². The molecule has 0 bridgehead atoms. The van der Waals surface area contributed by atoms with Gasteiger partial charge in [-0.3, -0.25) is 4.79 Å². The van der Waals surface area contributed by atoms with Crippen molar-refractivity contribution in [1.29, 1.82) is 0 Å². The highest BCUT2D eigenvalue weighted by Gasteiger charge is 2.01. The van der Waals surface area contributed by atoms with Gasteiger partial charge in [0.25, 0.3) is 5.91 Å². The number of fused-ring (bicyclic) bond motifs is 1. The molecule has 0 aliphatic carbocycles.